The van der Waals surface area contributed by atoms with E-state index in [4.69, 9.17) is 37.0 Å². The van der Waals surface area contributed by atoms with Gasteiger partial charge in [-0.3, -0.25) is 37.3 Å². The van der Waals surface area contributed by atoms with E-state index >= 15 is 0 Å². The van der Waals surface area contributed by atoms with Crippen molar-refractivity contribution in [3.63, 3.8) is 0 Å². The summed E-state index contributed by atoms with van der Waals surface area (Å²) >= 11 is 0. The second-order valence-electron chi connectivity index (χ2n) is 15.9. The van der Waals surface area contributed by atoms with Gasteiger partial charge in [0.25, 0.3) is 0 Å². The number of aliphatic hydroxyl groups is 1. The van der Waals surface area contributed by atoms with Crippen molar-refractivity contribution >= 4 is 39.5 Å². The molecule has 0 amide bonds. The third kappa shape index (κ3) is 40.1. The molecule has 0 aromatic rings. The van der Waals surface area contributed by atoms with Crippen LogP contribution in [-0.2, 0) is 65.4 Å². The van der Waals surface area contributed by atoms with E-state index in [1.165, 1.54) is 70.6 Å². The summed E-state index contributed by atoms with van der Waals surface area (Å²) in [6.07, 6.45) is 19.7. The van der Waals surface area contributed by atoms with Crippen molar-refractivity contribution in [1.82, 2.24) is 0 Å². The van der Waals surface area contributed by atoms with Gasteiger partial charge in [0, 0.05) is 25.7 Å². The van der Waals surface area contributed by atoms with Crippen LogP contribution in [-0.4, -0.2) is 96.7 Å². The molecule has 0 aliphatic rings. The molecule has 0 aromatic heterocycles. The highest BCUT2D eigenvalue weighted by Gasteiger charge is 2.30. The molecule has 0 fully saturated rings. The zero-order valence-electron chi connectivity index (χ0n) is 38.7. The summed E-state index contributed by atoms with van der Waals surface area (Å²) in [6.45, 7) is 5.79. The molecule has 3 N–H and O–H groups in total. The Labute approximate surface area is 377 Å². The van der Waals surface area contributed by atoms with Gasteiger partial charge in [0.15, 0.2) is 12.2 Å². The zero-order chi connectivity index (χ0) is 47.0. The van der Waals surface area contributed by atoms with E-state index in [0.29, 0.717) is 32.1 Å². The van der Waals surface area contributed by atoms with Crippen LogP contribution in [0.1, 0.15) is 194 Å². The maximum Gasteiger partial charge on any atom is 0.472 e. The zero-order valence-corrected chi connectivity index (χ0v) is 40.5. The molecule has 5 atom stereocenters. The minimum atomic E-state index is -4.91. The number of phosphoric acid groups is 2. The number of esters is 4. The molecule has 0 aromatic carbocycles. The van der Waals surface area contributed by atoms with Gasteiger partial charge in [-0.2, -0.15) is 6.42 Å². The summed E-state index contributed by atoms with van der Waals surface area (Å²) in [5.74, 6) is -2.31. The Bertz CT molecular complexity index is 1270. The van der Waals surface area contributed by atoms with Gasteiger partial charge in [-0.1, -0.05) is 143 Å². The smallest absolute Gasteiger partial charge is 0.462 e. The summed E-state index contributed by atoms with van der Waals surface area (Å²) in [5.41, 5.74) is 0. The van der Waals surface area contributed by atoms with Gasteiger partial charge in [-0.25, -0.2) is 9.13 Å². The molecule has 372 valence electrons. The average Bonchev–Trinajstić information content (AvgIpc) is 3.25. The summed E-state index contributed by atoms with van der Waals surface area (Å²) in [4.78, 5) is 69.5. The monoisotopic (exact) mass is 946 g/mol. The topological polar surface area (TPSA) is 237 Å². The minimum absolute atomic E-state index is 0.0163. The number of carbonyl (C=O) groups is 4. The lowest BCUT2D eigenvalue weighted by molar-refractivity contribution is -0.161. The van der Waals surface area contributed by atoms with Crippen molar-refractivity contribution in [2.24, 2.45) is 0 Å². The van der Waals surface area contributed by atoms with E-state index < -0.39 is 97.5 Å². The number of carbonyl (C=O) groups excluding carboxylic acids is 4. The van der Waals surface area contributed by atoms with Crippen molar-refractivity contribution in [3.8, 4) is 0 Å². The van der Waals surface area contributed by atoms with E-state index in [0.717, 1.165) is 44.9 Å². The molecule has 17 nitrogen and oxygen atoms in total. The van der Waals surface area contributed by atoms with Crippen molar-refractivity contribution in [1.29, 1.82) is 0 Å². The Hall–Kier alpha value is -1.94. The minimum Gasteiger partial charge on any atom is -0.462 e. The summed E-state index contributed by atoms with van der Waals surface area (Å²) in [6, 6.07) is 0. The Morgan fingerprint density at radius 1 is 0.429 bits per heavy atom. The quantitative estimate of drug-likeness (QED) is 0.0169. The van der Waals surface area contributed by atoms with Gasteiger partial charge >= 0.3 is 39.5 Å². The van der Waals surface area contributed by atoms with Gasteiger partial charge in [-0.05, 0) is 19.3 Å². The summed E-state index contributed by atoms with van der Waals surface area (Å²) in [5, 5.41) is 10.2. The lowest BCUT2D eigenvalue weighted by Crippen LogP contribution is -2.30. The fourth-order valence-electron chi connectivity index (χ4n) is 6.00. The molecular formula is C44H83O17P2-. The average molecular weight is 946 g/mol. The van der Waals surface area contributed by atoms with Crippen LogP contribution in [0.25, 0.3) is 0 Å². The molecule has 0 bridgehead atoms. The molecule has 0 rings (SSSR count). The molecule has 0 aliphatic heterocycles. The summed E-state index contributed by atoms with van der Waals surface area (Å²) in [7, 11) is -9.80. The predicted octanol–water partition coefficient (Wildman–Crippen LogP) is 9.95. The molecule has 19 heteroatoms. The van der Waals surface area contributed by atoms with Crippen LogP contribution in [0.3, 0.4) is 0 Å². The first-order valence-electron chi connectivity index (χ1n) is 23.6. The van der Waals surface area contributed by atoms with Crippen LogP contribution < -0.4 is 0 Å². The SMILES string of the molecule is [CH2-]CCCC(=O)O[C@H](COC(=O)CCCCCCCCCCCCCCCCC)COP(=O)(O)OC[C@@H](O)COP(=O)(O)OC[C@@H](COC(=O)CCCCCC)OC(=O)CCCC. The van der Waals surface area contributed by atoms with E-state index in [1.54, 1.807) is 0 Å². The molecule has 63 heavy (non-hydrogen) atoms. The number of aliphatic hydroxyl groups excluding tert-OH is 1. The van der Waals surface area contributed by atoms with Gasteiger partial charge in [0.2, 0.25) is 0 Å². The Balaban J connectivity index is 4.75. The van der Waals surface area contributed by atoms with Gasteiger partial charge in [-0.15, -0.1) is 0 Å². The highest BCUT2D eigenvalue weighted by molar-refractivity contribution is 7.47. The Morgan fingerprint density at radius 3 is 1.10 bits per heavy atom. The molecule has 0 radical (unpaired) electrons. The number of rotatable bonds is 45. The van der Waals surface area contributed by atoms with Crippen LogP contribution in [0.5, 0.6) is 0 Å². The van der Waals surface area contributed by atoms with Crippen molar-refractivity contribution in [2.75, 3.05) is 39.6 Å². The fraction of sp³-hybridized carbons (Fsp3) is 0.886. The van der Waals surface area contributed by atoms with Crippen LogP contribution in [0.2, 0.25) is 0 Å². The first-order chi connectivity index (χ1) is 30.2. The third-order valence-corrected chi connectivity index (χ3v) is 11.6. The van der Waals surface area contributed by atoms with Crippen molar-refractivity contribution < 1.29 is 80.2 Å². The normalized spacial score (nSPS) is 14.8. The second-order valence-corrected chi connectivity index (χ2v) is 18.8. The third-order valence-electron chi connectivity index (χ3n) is 9.75. The number of hydrogen-bond donors (Lipinski definition) is 3. The van der Waals surface area contributed by atoms with Gasteiger partial charge in [0.05, 0.1) is 26.4 Å². The Morgan fingerprint density at radius 2 is 0.730 bits per heavy atom. The molecule has 0 spiro atoms. The maximum atomic E-state index is 12.6. The highest BCUT2D eigenvalue weighted by Crippen LogP contribution is 2.45. The predicted molar refractivity (Wildman–Crippen MR) is 238 cm³/mol. The van der Waals surface area contributed by atoms with E-state index in [1.807, 2.05) is 13.8 Å². The molecule has 0 saturated heterocycles. The number of unbranched alkanes of at least 4 members (excludes halogenated alkanes) is 19. The standard InChI is InChI=1S/C44H83O17P2/c1-5-9-13-15-16-17-18-19-20-21-22-23-24-25-27-31-42(47)55-35-40(61-44(49)29-12-8-4)37-59-63(52,53)57-33-38(45)32-56-62(50,51)58-36-39(60-43(48)28-11-7-3)34-54-41(46)30-26-14-10-6-2/h38-40,45H,4-37H2,1-3H3,(H,50,51)(H,52,53)/q-1/t38-,39+,40+/m0/s1. The van der Waals surface area contributed by atoms with E-state index in [2.05, 4.69) is 13.8 Å². The Kier molecular flexibility index (Phi) is 39.1. The molecular weight excluding hydrogens is 862 g/mol. The summed E-state index contributed by atoms with van der Waals surface area (Å²) < 4.78 is 65.7. The lowest BCUT2D eigenvalue weighted by Gasteiger charge is -2.21. The van der Waals surface area contributed by atoms with E-state index in [-0.39, 0.29) is 25.7 Å². The van der Waals surface area contributed by atoms with Crippen LogP contribution in [0, 0.1) is 6.92 Å². The second kappa shape index (κ2) is 40.3. The first kappa shape index (κ1) is 61.1. The number of phosphoric ester groups is 2. The fourth-order valence-corrected chi connectivity index (χ4v) is 7.58. The molecule has 2 unspecified atom stereocenters. The van der Waals surface area contributed by atoms with Crippen LogP contribution in [0.4, 0.5) is 0 Å². The molecule has 0 heterocycles. The van der Waals surface area contributed by atoms with Gasteiger partial charge in [0.1, 0.15) is 19.3 Å². The molecule has 0 aliphatic carbocycles. The van der Waals surface area contributed by atoms with Gasteiger partial charge < -0.3 is 40.8 Å². The number of ether oxygens (including phenoxy) is 4. The molecule has 0 saturated carbocycles. The van der Waals surface area contributed by atoms with Crippen molar-refractivity contribution in [3.05, 3.63) is 6.92 Å². The highest BCUT2D eigenvalue weighted by atomic mass is 31.2. The van der Waals surface area contributed by atoms with Crippen LogP contribution >= 0.6 is 15.6 Å². The van der Waals surface area contributed by atoms with Crippen LogP contribution in [0.15, 0.2) is 0 Å². The largest absolute Gasteiger partial charge is 0.472 e. The lowest BCUT2D eigenvalue weighted by atomic mass is 10.0. The number of hydrogen-bond acceptors (Lipinski definition) is 15. The first-order valence-corrected chi connectivity index (χ1v) is 26.6. The maximum absolute atomic E-state index is 12.6. The van der Waals surface area contributed by atoms with Crippen molar-refractivity contribution in [2.45, 2.75) is 212 Å². The van der Waals surface area contributed by atoms with E-state index in [9.17, 15) is 43.2 Å².